The fraction of sp³-hybridized carbons (Fsp3) is 0.125. The Morgan fingerprint density at radius 1 is 1.16 bits per heavy atom. The van der Waals surface area contributed by atoms with Gasteiger partial charge in [-0.05, 0) is 24.3 Å². The van der Waals surface area contributed by atoms with Gasteiger partial charge in [-0.1, -0.05) is 11.6 Å². The van der Waals surface area contributed by atoms with Crippen molar-refractivity contribution in [3.8, 4) is 11.5 Å². The topological polar surface area (TPSA) is 101 Å². The molecule has 3 rings (SSSR count). The van der Waals surface area contributed by atoms with Crippen LogP contribution < -0.4 is 14.8 Å². The van der Waals surface area contributed by atoms with Crippen LogP contribution >= 0.6 is 11.6 Å². The highest BCUT2D eigenvalue weighted by Crippen LogP contribution is 2.44. The third-order valence-corrected chi connectivity index (χ3v) is 3.72. The maximum absolute atomic E-state index is 11.7. The second-order valence-corrected chi connectivity index (χ2v) is 5.33. The Hall–Kier alpha value is -3.13. The van der Waals surface area contributed by atoms with Crippen LogP contribution in [0.1, 0.15) is 0 Å². The predicted octanol–water partition coefficient (Wildman–Crippen LogP) is 3.78. The van der Waals surface area contributed by atoms with Crippen molar-refractivity contribution >= 4 is 39.7 Å². The summed E-state index contributed by atoms with van der Waals surface area (Å²) in [6.07, 6.45) is 1.28. The Morgan fingerprint density at radius 2 is 1.88 bits per heavy atom. The number of hydrogen-bond donors (Lipinski definition) is 0. The van der Waals surface area contributed by atoms with Crippen LogP contribution in [0.3, 0.4) is 0 Å². The number of nitrogens with zero attached hydrogens (tertiary/aromatic N) is 4. The summed E-state index contributed by atoms with van der Waals surface area (Å²) in [5.74, 6) is 0.347. The maximum Gasteiger partial charge on any atom is 0.328 e. The highest BCUT2D eigenvalue weighted by Gasteiger charge is 2.28. The zero-order valence-corrected chi connectivity index (χ0v) is 14.0. The van der Waals surface area contributed by atoms with Crippen LogP contribution in [0, 0.1) is 10.1 Å². The molecule has 1 heterocycles. The SMILES string of the molecule is COc1cc2ncnc([N]c3ccc(Cl)cc3)c2c([N+](=O)[O-])c1OC. The largest absolute Gasteiger partial charge is 0.493 e. The number of ether oxygens (including phenoxy) is 2. The number of benzene rings is 2. The molecule has 3 aromatic rings. The molecule has 0 aliphatic rings. The molecule has 127 valence electrons. The predicted molar refractivity (Wildman–Crippen MR) is 92.2 cm³/mol. The van der Waals surface area contributed by atoms with Crippen molar-refractivity contribution in [1.82, 2.24) is 15.3 Å². The second kappa shape index (κ2) is 6.78. The lowest BCUT2D eigenvalue weighted by molar-refractivity contribution is -0.384. The molecule has 1 radical (unpaired) electrons. The van der Waals surface area contributed by atoms with Crippen molar-refractivity contribution in [2.75, 3.05) is 14.2 Å². The van der Waals surface area contributed by atoms with E-state index in [9.17, 15) is 10.1 Å². The summed E-state index contributed by atoms with van der Waals surface area (Å²) in [6, 6.07) is 8.25. The van der Waals surface area contributed by atoms with E-state index in [4.69, 9.17) is 21.1 Å². The van der Waals surface area contributed by atoms with Gasteiger partial charge in [0.2, 0.25) is 5.75 Å². The smallest absolute Gasteiger partial charge is 0.328 e. The quantitative estimate of drug-likeness (QED) is 0.507. The molecular formula is C16H12ClN4O4. The van der Waals surface area contributed by atoms with Crippen molar-refractivity contribution in [3.63, 3.8) is 0 Å². The summed E-state index contributed by atoms with van der Waals surface area (Å²) in [6.45, 7) is 0. The van der Waals surface area contributed by atoms with E-state index in [-0.39, 0.29) is 28.4 Å². The summed E-state index contributed by atoms with van der Waals surface area (Å²) in [5.41, 5.74) is 0.575. The van der Waals surface area contributed by atoms with Crippen molar-refractivity contribution in [1.29, 1.82) is 0 Å². The van der Waals surface area contributed by atoms with E-state index < -0.39 is 4.92 Å². The lowest BCUT2D eigenvalue weighted by Crippen LogP contribution is -2.02. The number of nitro benzene ring substituents is 1. The van der Waals surface area contributed by atoms with Gasteiger partial charge in [-0.15, -0.1) is 0 Å². The van der Waals surface area contributed by atoms with E-state index in [0.29, 0.717) is 16.2 Å². The van der Waals surface area contributed by atoms with Crippen molar-refractivity contribution < 1.29 is 14.4 Å². The first-order valence-electron chi connectivity index (χ1n) is 7.06. The normalized spacial score (nSPS) is 10.5. The molecule has 25 heavy (non-hydrogen) atoms. The minimum absolute atomic E-state index is 0.0117. The fourth-order valence-electron chi connectivity index (χ4n) is 2.39. The zero-order chi connectivity index (χ0) is 18.0. The van der Waals surface area contributed by atoms with E-state index in [1.165, 1.54) is 20.5 Å². The first kappa shape index (κ1) is 16.7. The fourth-order valence-corrected chi connectivity index (χ4v) is 2.52. The molecule has 0 atom stereocenters. The van der Waals surface area contributed by atoms with E-state index in [1.807, 2.05) is 0 Å². The molecule has 0 bridgehead atoms. The van der Waals surface area contributed by atoms with Gasteiger partial charge >= 0.3 is 5.69 Å². The van der Waals surface area contributed by atoms with Gasteiger partial charge in [-0.25, -0.2) is 15.3 Å². The molecule has 0 N–H and O–H groups in total. The molecule has 0 aliphatic carbocycles. The molecule has 0 spiro atoms. The summed E-state index contributed by atoms with van der Waals surface area (Å²) in [7, 11) is 2.73. The third kappa shape index (κ3) is 3.11. The Bertz CT molecular complexity index is 947. The Balaban J connectivity index is 2.25. The number of rotatable bonds is 5. The highest BCUT2D eigenvalue weighted by molar-refractivity contribution is 6.30. The zero-order valence-electron chi connectivity index (χ0n) is 13.3. The minimum atomic E-state index is -0.562. The molecule has 0 amide bonds. The summed E-state index contributed by atoms with van der Waals surface area (Å²) >= 11 is 5.86. The standard InChI is InChI=1S/C16H12ClN4O4/c1-24-12-7-11-13(14(21(22)23)15(12)25-2)16(19-8-18-11)20-10-5-3-9(17)4-6-10/h3-8H,1-2H3. The van der Waals surface area contributed by atoms with Gasteiger partial charge in [-0.2, -0.15) is 0 Å². The first-order chi connectivity index (χ1) is 12.0. The van der Waals surface area contributed by atoms with Gasteiger partial charge in [0.1, 0.15) is 11.7 Å². The van der Waals surface area contributed by atoms with E-state index in [2.05, 4.69) is 15.3 Å². The number of aromatic nitrogens is 2. The van der Waals surface area contributed by atoms with Crippen LogP contribution in [0.4, 0.5) is 17.2 Å². The van der Waals surface area contributed by atoms with Gasteiger partial charge in [0, 0.05) is 11.1 Å². The molecule has 2 aromatic carbocycles. The lowest BCUT2D eigenvalue weighted by Gasteiger charge is -2.12. The average Bonchev–Trinajstić information content (AvgIpc) is 2.61. The molecule has 8 nitrogen and oxygen atoms in total. The van der Waals surface area contributed by atoms with Crippen LogP contribution in [0.2, 0.25) is 5.02 Å². The second-order valence-electron chi connectivity index (χ2n) is 4.90. The van der Waals surface area contributed by atoms with Crippen molar-refractivity contribution in [2.24, 2.45) is 0 Å². The van der Waals surface area contributed by atoms with Crippen LogP contribution in [-0.2, 0) is 0 Å². The van der Waals surface area contributed by atoms with Gasteiger partial charge in [0.25, 0.3) is 0 Å². The number of fused-ring (bicyclic) bond motifs is 1. The van der Waals surface area contributed by atoms with E-state index in [1.54, 1.807) is 30.3 Å². The number of hydrogen-bond acceptors (Lipinski definition) is 6. The maximum atomic E-state index is 11.7. The average molecular weight is 360 g/mol. The number of halogens is 1. The molecule has 0 fully saturated rings. The summed E-state index contributed by atoms with van der Waals surface area (Å²) in [4.78, 5) is 19.3. The summed E-state index contributed by atoms with van der Waals surface area (Å²) in [5, 5.41) is 16.8. The van der Waals surface area contributed by atoms with Crippen molar-refractivity contribution in [2.45, 2.75) is 0 Å². The summed E-state index contributed by atoms with van der Waals surface area (Å²) < 4.78 is 10.3. The molecule has 0 unspecified atom stereocenters. The van der Waals surface area contributed by atoms with Gasteiger partial charge in [0.05, 0.1) is 30.3 Å². The van der Waals surface area contributed by atoms with Crippen molar-refractivity contribution in [3.05, 3.63) is 51.8 Å². The van der Waals surface area contributed by atoms with Crippen LogP contribution in [0.5, 0.6) is 11.5 Å². The van der Waals surface area contributed by atoms with Crippen LogP contribution in [0.25, 0.3) is 10.9 Å². The first-order valence-corrected chi connectivity index (χ1v) is 7.44. The monoisotopic (exact) mass is 359 g/mol. The van der Waals surface area contributed by atoms with Gasteiger partial charge in [-0.3, -0.25) is 10.1 Å². The highest BCUT2D eigenvalue weighted by atomic mass is 35.5. The Morgan fingerprint density at radius 3 is 2.48 bits per heavy atom. The van der Waals surface area contributed by atoms with Crippen LogP contribution in [0.15, 0.2) is 36.7 Å². The molecule has 0 aliphatic heterocycles. The number of methoxy groups -OCH3 is 2. The van der Waals surface area contributed by atoms with Gasteiger partial charge < -0.3 is 9.47 Å². The molecule has 9 heteroatoms. The Kier molecular flexibility index (Phi) is 4.53. The number of nitro groups is 1. The van der Waals surface area contributed by atoms with Crippen LogP contribution in [-0.4, -0.2) is 29.1 Å². The third-order valence-electron chi connectivity index (χ3n) is 3.47. The minimum Gasteiger partial charge on any atom is -0.493 e. The van der Waals surface area contributed by atoms with Gasteiger partial charge in [0.15, 0.2) is 11.6 Å². The molecule has 1 aromatic heterocycles. The molecular weight excluding hydrogens is 348 g/mol. The molecule has 0 saturated carbocycles. The lowest BCUT2D eigenvalue weighted by atomic mass is 10.1. The van der Waals surface area contributed by atoms with E-state index in [0.717, 1.165) is 0 Å². The Labute approximate surface area is 147 Å². The molecule has 0 saturated heterocycles. The van der Waals surface area contributed by atoms with E-state index >= 15 is 0 Å².